The number of rotatable bonds is 8. The monoisotopic (exact) mass is 375 g/mol. The Morgan fingerprint density at radius 1 is 1.15 bits per heavy atom. The molecule has 138 valence electrons. The summed E-state index contributed by atoms with van der Waals surface area (Å²) in [6, 6.07) is 15.7. The fraction of sp³-hybridized carbons (Fsp3) is 0.222. The molecule has 7 nitrogen and oxygen atoms in total. The lowest BCUT2D eigenvalue weighted by Crippen LogP contribution is -2.40. The predicted octanol–water partition coefficient (Wildman–Crippen LogP) is 1.35. The van der Waals surface area contributed by atoms with Crippen LogP contribution in [0.2, 0.25) is 0 Å². The molecule has 0 bridgehead atoms. The highest BCUT2D eigenvalue weighted by molar-refractivity contribution is 7.88. The fourth-order valence-corrected chi connectivity index (χ4v) is 2.97. The van der Waals surface area contributed by atoms with Crippen molar-refractivity contribution in [1.29, 1.82) is 0 Å². The number of amides is 1. The number of nitrogens with zero attached hydrogens (tertiary/aromatic N) is 2. The second kappa shape index (κ2) is 9.12. The second-order valence-electron chi connectivity index (χ2n) is 5.72. The molecule has 0 heterocycles. The summed E-state index contributed by atoms with van der Waals surface area (Å²) in [6.07, 6.45) is 3.00. The molecule has 0 saturated carbocycles. The molecule has 0 spiro atoms. The van der Waals surface area contributed by atoms with Gasteiger partial charge in [0.2, 0.25) is 10.0 Å². The van der Waals surface area contributed by atoms with Crippen LogP contribution in [0.15, 0.2) is 59.7 Å². The van der Waals surface area contributed by atoms with Crippen LogP contribution in [0.5, 0.6) is 5.75 Å². The van der Waals surface area contributed by atoms with Crippen LogP contribution in [0.4, 0.5) is 0 Å². The summed E-state index contributed by atoms with van der Waals surface area (Å²) in [5, 5.41) is 13.0. The lowest BCUT2D eigenvalue weighted by Gasteiger charge is -2.18. The molecule has 0 unspecified atom stereocenters. The fourth-order valence-electron chi connectivity index (χ4n) is 2.20. The summed E-state index contributed by atoms with van der Waals surface area (Å²) >= 11 is 0. The van der Waals surface area contributed by atoms with Crippen molar-refractivity contribution in [1.82, 2.24) is 9.73 Å². The van der Waals surface area contributed by atoms with Crippen molar-refractivity contribution in [2.75, 3.05) is 19.3 Å². The van der Waals surface area contributed by atoms with Gasteiger partial charge in [-0.15, -0.1) is 0 Å². The van der Waals surface area contributed by atoms with Gasteiger partial charge in [0.15, 0.2) is 0 Å². The number of carbonyl (C=O) groups is 1. The Hall–Kier alpha value is -2.71. The molecule has 2 rings (SSSR count). The summed E-state index contributed by atoms with van der Waals surface area (Å²) in [7, 11) is -3.52. The number of phenolic OH excluding ortho intramolecular Hbond substituents is 1. The number of sulfonamides is 1. The van der Waals surface area contributed by atoms with Crippen LogP contribution in [-0.4, -0.2) is 49.3 Å². The zero-order chi connectivity index (χ0) is 19.0. The normalized spacial score (nSPS) is 11.8. The smallest absolute Gasteiger partial charge is 0.255 e. The van der Waals surface area contributed by atoms with Crippen molar-refractivity contribution in [2.24, 2.45) is 5.10 Å². The lowest BCUT2D eigenvalue weighted by molar-refractivity contribution is -0.121. The van der Waals surface area contributed by atoms with Crippen LogP contribution < -0.4 is 5.43 Å². The summed E-state index contributed by atoms with van der Waals surface area (Å²) in [5.41, 5.74) is 3.99. The maximum absolute atomic E-state index is 12.0. The number of benzene rings is 2. The minimum absolute atomic E-state index is 0.133. The average Bonchev–Trinajstić information content (AvgIpc) is 2.60. The largest absolute Gasteiger partial charge is 0.508 e. The second-order valence-corrected chi connectivity index (χ2v) is 7.70. The molecule has 2 aromatic rings. The van der Waals surface area contributed by atoms with Gasteiger partial charge in [0.05, 0.1) is 19.0 Å². The number of hydrogen-bond donors (Lipinski definition) is 2. The molecule has 2 N–H and O–H groups in total. The third-order valence-electron chi connectivity index (χ3n) is 3.58. The van der Waals surface area contributed by atoms with Crippen molar-refractivity contribution < 1.29 is 18.3 Å². The molecule has 0 aliphatic rings. The molecule has 1 amide bonds. The third-order valence-corrected chi connectivity index (χ3v) is 4.83. The number of hydrazone groups is 1. The quantitative estimate of drug-likeness (QED) is 0.537. The molecule has 0 aliphatic heterocycles. The van der Waals surface area contributed by atoms with Gasteiger partial charge in [-0.3, -0.25) is 4.79 Å². The molecule has 0 fully saturated rings. The maximum Gasteiger partial charge on any atom is 0.255 e. The Morgan fingerprint density at radius 3 is 2.42 bits per heavy atom. The molecule has 0 radical (unpaired) electrons. The van der Waals surface area contributed by atoms with Crippen LogP contribution in [0.25, 0.3) is 0 Å². The lowest BCUT2D eigenvalue weighted by atomic mass is 10.1. The van der Waals surface area contributed by atoms with E-state index in [4.69, 9.17) is 0 Å². The third kappa shape index (κ3) is 6.66. The molecular weight excluding hydrogens is 354 g/mol. The highest BCUT2D eigenvalue weighted by atomic mass is 32.2. The van der Waals surface area contributed by atoms with Gasteiger partial charge in [-0.05, 0) is 41.8 Å². The highest BCUT2D eigenvalue weighted by Crippen LogP contribution is 2.07. The first-order valence-electron chi connectivity index (χ1n) is 7.94. The molecule has 0 aliphatic carbocycles. The standard InChI is InChI=1S/C18H21N3O4S/c1-26(24,25)21(12-11-15-5-3-2-4-6-15)14-18(23)20-19-13-16-7-9-17(22)10-8-16/h2-10,13,22H,11-12,14H2,1H3,(H,20,23). The first-order valence-corrected chi connectivity index (χ1v) is 9.79. The predicted molar refractivity (Wildman–Crippen MR) is 100 cm³/mol. The SMILES string of the molecule is CS(=O)(=O)N(CCc1ccccc1)CC(=O)NN=Cc1ccc(O)cc1. The van der Waals surface area contributed by atoms with E-state index in [1.54, 1.807) is 12.1 Å². The van der Waals surface area contributed by atoms with Gasteiger partial charge in [-0.2, -0.15) is 9.41 Å². The summed E-state index contributed by atoms with van der Waals surface area (Å²) in [4.78, 5) is 12.0. The Bertz CT molecular complexity index is 850. The summed E-state index contributed by atoms with van der Waals surface area (Å²) < 4.78 is 24.9. The van der Waals surface area contributed by atoms with Crippen molar-refractivity contribution in [3.05, 3.63) is 65.7 Å². The number of hydrogen-bond acceptors (Lipinski definition) is 5. The Morgan fingerprint density at radius 2 is 1.81 bits per heavy atom. The minimum atomic E-state index is -3.52. The van der Waals surface area contributed by atoms with Gasteiger partial charge in [-0.1, -0.05) is 30.3 Å². The van der Waals surface area contributed by atoms with Gasteiger partial charge < -0.3 is 5.11 Å². The van der Waals surface area contributed by atoms with Crippen LogP contribution in [-0.2, 0) is 21.2 Å². The first kappa shape index (κ1) is 19.6. The summed E-state index contributed by atoms with van der Waals surface area (Å²) in [5.74, 6) is -0.396. The van der Waals surface area contributed by atoms with Gasteiger partial charge in [0.25, 0.3) is 5.91 Å². The number of phenols is 1. The molecule has 8 heteroatoms. The van der Waals surface area contributed by atoms with Crippen LogP contribution in [0.3, 0.4) is 0 Å². The highest BCUT2D eigenvalue weighted by Gasteiger charge is 2.19. The Balaban J connectivity index is 1.90. The number of nitrogens with one attached hydrogen (secondary N) is 1. The zero-order valence-electron chi connectivity index (χ0n) is 14.4. The van der Waals surface area contributed by atoms with Crippen molar-refractivity contribution in [3.8, 4) is 5.75 Å². The maximum atomic E-state index is 12.0. The van der Waals surface area contributed by atoms with E-state index in [2.05, 4.69) is 10.5 Å². The molecule has 2 aromatic carbocycles. The van der Waals surface area contributed by atoms with Crippen molar-refractivity contribution >= 4 is 22.1 Å². The van der Waals surface area contributed by atoms with Crippen LogP contribution >= 0.6 is 0 Å². The van der Waals surface area contributed by atoms with Crippen molar-refractivity contribution in [2.45, 2.75) is 6.42 Å². The Labute approximate surface area is 153 Å². The molecule has 0 aromatic heterocycles. The van der Waals surface area contributed by atoms with E-state index in [1.165, 1.54) is 18.3 Å². The Kier molecular flexibility index (Phi) is 6.88. The van der Waals surface area contributed by atoms with Crippen LogP contribution in [0.1, 0.15) is 11.1 Å². The van der Waals surface area contributed by atoms with Gasteiger partial charge in [0, 0.05) is 6.54 Å². The number of carbonyl (C=O) groups excluding carboxylic acids is 1. The van der Waals surface area contributed by atoms with E-state index in [0.29, 0.717) is 12.0 Å². The van der Waals surface area contributed by atoms with E-state index >= 15 is 0 Å². The van der Waals surface area contributed by atoms with E-state index < -0.39 is 15.9 Å². The molecule has 0 saturated heterocycles. The van der Waals surface area contributed by atoms with Gasteiger partial charge in [0.1, 0.15) is 5.75 Å². The van der Waals surface area contributed by atoms with E-state index in [1.807, 2.05) is 30.3 Å². The average molecular weight is 375 g/mol. The molecule has 26 heavy (non-hydrogen) atoms. The minimum Gasteiger partial charge on any atom is -0.508 e. The topological polar surface area (TPSA) is 99.1 Å². The van der Waals surface area contributed by atoms with Crippen molar-refractivity contribution in [3.63, 3.8) is 0 Å². The van der Waals surface area contributed by atoms with E-state index in [9.17, 15) is 18.3 Å². The molecule has 0 atom stereocenters. The molecular formula is C18H21N3O4S. The van der Waals surface area contributed by atoms with Gasteiger partial charge >= 0.3 is 0 Å². The van der Waals surface area contributed by atoms with E-state index in [-0.39, 0.29) is 18.8 Å². The van der Waals surface area contributed by atoms with E-state index in [0.717, 1.165) is 16.1 Å². The number of aromatic hydroxyl groups is 1. The van der Waals surface area contributed by atoms with Gasteiger partial charge in [-0.25, -0.2) is 13.8 Å². The summed E-state index contributed by atoms with van der Waals surface area (Å²) in [6.45, 7) is -0.101. The first-order chi connectivity index (χ1) is 12.3. The zero-order valence-corrected chi connectivity index (χ0v) is 15.2. The van der Waals surface area contributed by atoms with Crippen LogP contribution in [0, 0.1) is 0 Å².